The molecular weight excluding hydrogens is 226 g/mol. The maximum absolute atomic E-state index is 11.6. The molecule has 0 bridgehead atoms. The zero-order valence-corrected chi connectivity index (χ0v) is 10.0. The van der Waals surface area contributed by atoms with Crippen molar-refractivity contribution in [3.8, 4) is 0 Å². The lowest BCUT2D eigenvalue weighted by atomic mass is 10.1. The molecule has 0 fully saturated rings. The van der Waals surface area contributed by atoms with E-state index < -0.39 is 9.84 Å². The minimum Gasteiger partial charge on any atom is -0.294 e. The first-order valence-electron chi connectivity index (χ1n) is 5.19. The van der Waals surface area contributed by atoms with Crippen LogP contribution in [0, 0.1) is 0 Å². The molecule has 0 saturated carbocycles. The van der Waals surface area contributed by atoms with Crippen molar-refractivity contribution < 1.29 is 13.2 Å². The van der Waals surface area contributed by atoms with Crippen LogP contribution in [0.4, 0.5) is 0 Å². The van der Waals surface area contributed by atoms with Crippen molar-refractivity contribution in [3.05, 3.63) is 30.1 Å². The van der Waals surface area contributed by atoms with Gasteiger partial charge in [0.2, 0.25) is 0 Å². The van der Waals surface area contributed by atoms with Gasteiger partial charge in [-0.2, -0.15) is 0 Å². The molecule has 1 aromatic rings. The summed E-state index contributed by atoms with van der Waals surface area (Å²) >= 11 is 0. The van der Waals surface area contributed by atoms with Crippen LogP contribution in [-0.4, -0.2) is 30.7 Å². The Hall–Kier alpha value is -1.23. The number of Topliss-reactive ketones (excluding diaryl/α,β-unsaturated/α-hetero) is 1. The molecule has 0 N–H and O–H groups in total. The Morgan fingerprint density at radius 1 is 1.31 bits per heavy atom. The van der Waals surface area contributed by atoms with E-state index in [0.717, 1.165) is 0 Å². The van der Waals surface area contributed by atoms with Crippen molar-refractivity contribution >= 4 is 15.6 Å². The van der Waals surface area contributed by atoms with Gasteiger partial charge in [-0.1, -0.05) is 6.92 Å². The summed E-state index contributed by atoms with van der Waals surface area (Å²) in [5.74, 6) is 0.185. The predicted octanol–water partition coefficient (Wildman–Crippen LogP) is 1.48. The van der Waals surface area contributed by atoms with Crippen molar-refractivity contribution in [2.24, 2.45) is 0 Å². The molecule has 0 unspecified atom stereocenters. The van der Waals surface area contributed by atoms with E-state index in [1.807, 2.05) is 0 Å². The van der Waals surface area contributed by atoms with Crippen molar-refractivity contribution in [1.82, 2.24) is 4.98 Å². The number of sulfone groups is 1. The zero-order chi connectivity index (χ0) is 12.0. The number of aromatic nitrogens is 1. The number of hydrogen-bond donors (Lipinski definition) is 0. The summed E-state index contributed by atoms with van der Waals surface area (Å²) in [5, 5.41) is 0. The second-order valence-electron chi connectivity index (χ2n) is 3.50. The Morgan fingerprint density at radius 3 is 2.50 bits per heavy atom. The largest absolute Gasteiger partial charge is 0.294 e. The highest BCUT2D eigenvalue weighted by Crippen LogP contribution is 2.05. The number of pyridine rings is 1. The average Bonchev–Trinajstić information content (AvgIpc) is 2.30. The Kier molecular flexibility index (Phi) is 4.61. The Morgan fingerprint density at radius 2 is 1.94 bits per heavy atom. The van der Waals surface area contributed by atoms with Gasteiger partial charge in [-0.05, 0) is 18.6 Å². The van der Waals surface area contributed by atoms with E-state index in [-0.39, 0.29) is 23.7 Å². The fourth-order valence-corrected chi connectivity index (χ4v) is 2.15. The van der Waals surface area contributed by atoms with Gasteiger partial charge in [0.15, 0.2) is 5.78 Å². The van der Waals surface area contributed by atoms with E-state index in [1.165, 1.54) is 0 Å². The van der Waals surface area contributed by atoms with Crippen molar-refractivity contribution in [1.29, 1.82) is 0 Å². The molecule has 0 radical (unpaired) electrons. The van der Waals surface area contributed by atoms with Crippen molar-refractivity contribution in [2.45, 2.75) is 19.8 Å². The third-order valence-electron chi connectivity index (χ3n) is 2.30. The van der Waals surface area contributed by atoms with Gasteiger partial charge in [-0.15, -0.1) is 0 Å². The number of hydrogen-bond acceptors (Lipinski definition) is 4. The minimum atomic E-state index is -2.96. The predicted molar refractivity (Wildman–Crippen MR) is 62.1 cm³/mol. The molecule has 4 nitrogen and oxygen atoms in total. The molecular formula is C11H15NO3S. The molecule has 0 aliphatic carbocycles. The Balaban J connectivity index is 2.43. The van der Waals surface area contributed by atoms with Crippen LogP contribution in [0.25, 0.3) is 0 Å². The van der Waals surface area contributed by atoms with Crippen LogP contribution in [0.15, 0.2) is 24.5 Å². The van der Waals surface area contributed by atoms with Gasteiger partial charge in [-0.3, -0.25) is 9.78 Å². The first-order chi connectivity index (χ1) is 7.55. The summed E-state index contributed by atoms with van der Waals surface area (Å²) in [6.45, 7) is 1.61. The second-order valence-corrected chi connectivity index (χ2v) is 5.97. The Bertz CT molecular complexity index is 440. The summed E-state index contributed by atoms with van der Waals surface area (Å²) in [7, 11) is -2.96. The van der Waals surface area contributed by atoms with Crippen LogP contribution in [-0.2, 0) is 9.84 Å². The molecule has 0 amide bonds. The van der Waals surface area contributed by atoms with Gasteiger partial charge in [0.1, 0.15) is 9.84 Å². The highest BCUT2D eigenvalue weighted by Gasteiger charge is 2.10. The smallest absolute Gasteiger partial charge is 0.163 e. The zero-order valence-electron chi connectivity index (χ0n) is 9.22. The second kappa shape index (κ2) is 5.75. The summed E-state index contributed by atoms with van der Waals surface area (Å²) < 4.78 is 22.4. The monoisotopic (exact) mass is 241 g/mol. The van der Waals surface area contributed by atoms with Crippen LogP contribution >= 0.6 is 0 Å². The molecule has 0 atom stereocenters. The van der Waals surface area contributed by atoms with E-state index in [4.69, 9.17) is 0 Å². The maximum atomic E-state index is 11.6. The SMILES string of the molecule is CCS(=O)(=O)CCCC(=O)c1ccncc1. The van der Waals surface area contributed by atoms with Crippen LogP contribution in [0.3, 0.4) is 0 Å². The van der Waals surface area contributed by atoms with Crippen LogP contribution in [0.5, 0.6) is 0 Å². The van der Waals surface area contributed by atoms with Crippen molar-refractivity contribution in [2.75, 3.05) is 11.5 Å². The summed E-state index contributed by atoms with van der Waals surface area (Å²) in [5.41, 5.74) is 0.587. The fourth-order valence-electron chi connectivity index (χ4n) is 1.28. The molecule has 0 aromatic carbocycles. The van der Waals surface area contributed by atoms with Crippen LogP contribution in [0.2, 0.25) is 0 Å². The molecule has 0 spiro atoms. The van der Waals surface area contributed by atoms with Gasteiger partial charge in [-0.25, -0.2) is 8.42 Å². The van der Waals surface area contributed by atoms with E-state index in [1.54, 1.807) is 31.5 Å². The summed E-state index contributed by atoms with van der Waals surface area (Å²) in [4.78, 5) is 15.4. The van der Waals surface area contributed by atoms with E-state index in [9.17, 15) is 13.2 Å². The molecule has 1 aromatic heterocycles. The van der Waals surface area contributed by atoms with Crippen LogP contribution < -0.4 is 0 Å². The molecule has 0 saturated heterocycles. The fraction of sp³-hybridized carbons (Fsp3) is 0.455. The van der Waals surface area contributed by atoms with Gasteiger partial charge < -0.3 is 0 Å². The normalized spacial score (nSPS) is 11.3. The quantitative estimate of drug-likeness (QED) is 0.708. The number of nitrogens with zero attached hydrogens (tertiary/aromatic N) is 1. The van der Waals surface area contributed by atoms with Gasteiger partial charge in [0, 0.05) is 30.1 Å². The summed E-state index contributed by atoms with van der Waals surface area (Å²) in [6.07, 6.45) is 3.76. The van der Waals surface area contributed by atoms with Crippen molar-refractivity contribution in [3.63, 3.8) is 0 Å². The molecule has 88 valence electrons. The summed E-state index contributed by atoms with van der Waals surface area (Å²) in [6, 6.07) is 3.27. The highest BCUT2D eigenvalue weighted by molar-refractivity contribution is 7.91. The molecule has 0 aliphatic rings. The standard InChI is InChI=1S/C11H15NO3S/c1-2-16(14,15)9-3-4-11(13)10-5-7-12-8-6-10/h5-8H,2-4,9H2,1H3. The molecule has 1 rings (SSSR count). The highest BCUT2D eigenvalue weighted by atomic mass is 32.2. The van der Waals surface area contributed by atoms with E-state index in [2.05, 4.69) is 4.98 Å². The first kappa shape index (κ1) is 12.8. The molecule has 1 heterocycles. The Labute approximate surface area is 95.6 Å². The molecule has 5 heteroatoms. The lowest BCUT2D eigenvalue weighted by Crippen LogP contribution is -2.10. The lowest BCUT2D eigenvalue weighted by Gasteiger charge is -2.01. The van der Waals surface area contributed by atoms with Gasteiger partial charge in [0.25, 0.3) is 0 Å². The molecule has 0 aliphatic heterocycles. The minimum absolute atomic E-state index is 0.0336. The lowest BCUT2D eigenvalue weighted by molar-refractivity contribution is 0.0982. The number of ketones is 1. The molecule has 16 heavy (non-hydrogen) atoms. The van der Waals surface area contributed by atoms with E-state index in [0.29, 0.717) is 12.0 Å². The maximum Gasteiger partial charge on any atom is 0.163 e. The number of carbonyl (C=O) groups excluding carboxylic acids is 1. The van der Waals surface area contributed by atoms with E-state index >= 15 is 0 Å². The average molecular weight is 241 g/mol. The third-order valence-corrected chi connectivity index (χ3v) is 4.09. The van der Waals surface area contributed by atoms with Crippen LogP contribution in [0.1, 0.15) is 30.1 Å². The third kappa shape index (κ3) is 4.10. The van der Waals surface area contributed by atoms with Gasteiger partial charge in [0.05, 0.1) is 5.75 Å². The first-order valence-corrected chi connectivity index (χ1v) is 7.01. The number of rotatable bonds is 6. The number of carbonyl (C=O) groups is 1. The van der Waals surface area contributed by atoms with Gasteiger partial charge >= 0.3 is 0 Å². The topological polar surface area (TPSA) is 64.1 Å².